The van der Waals surface area contributed by atoms with Crippen LogP contribution in [0.15, 0.2) is 267 Å². The van der Waals surface area contributed by atoms with Crippen molar-refractivity contribution in [3.8, 4) is 44.5 Å². The number of anilines is 6. The first kappa shape index (κ1) is 51.7. The van der Waals surface area contributed by atoms with Gasteiger partial charge in [0.05, 0.1) is 38.8 Å². The molecule has 0 aliphatic rings. The summed E-state index contributed by atoms with van der Waals surface area (Å²) >= 11 is 0. The van der Waals surface area contributed by atoms with Gasteiger partial charge in [0, 0.05) is 71.5 Å². The molecule has 16 rings (SSSR count). The van der Waals surface area contributed by atoms with Crippen molar-refractivity contribution in [3.05, 3.63) is 311 Å². The SMILES string of the molecule is C=c1/c(=C\c2c(C)n3c4ccccc4c4c(N(c5cc(-c6ccccc6)ccc5C)c5cc(-c6ccccc6)ccc5C)ccc2c43)n2c3ccccc3c3c(N(c4cc(-c5ccccc5)ccc4C)c4cc(-c5ccccc5)ccc4C)ccc1c32. The molecule has 87 heavy (non-hydrogen) atoms. The Bertz CT molecular complexity index is 5290. The normalized spacial score (nSPS) is 12.1. The zero-order valence-corrected chi connectivity index (χ0v) is 49.5. The minimum atomic E-state index is 1.01. The van der Waals surface area contributed by atoms with Gasteiger partial charge in [-0.2, -0.15) is 0 Å². The lowest BCUT2D eigenvalue weighted by Gasteiger charge is -2.30. The minimum absolute atomic E-state index is 1.01. The van der Waals surface area contributed by atoms with E-state index >= 15 is 0 Å². The summed E-state index contributed by atoms with van der Waals surface area (Å²) in [6, 6.07) is 98.2. The molecule has 0 spiro atoms. The fourth-order valence-electron chi connectivity index (χ4n) is 14.1. The van der Waals surface area contributed by atoms with Crippen LogP contribution in [-0.4, -0.2) is 8.80 Å². The summed E-state index contributed by atoms with van der Waals surface area (Å²) in [5, 5.41) is 9.25. The smallest absolute Gasteiger partial charge is 0.0641 e. The van der Waals surface area contributed by atoms with E-state index in [1.165, 1.54) is 122 Å². The fraction of sp³-hybridized carbons (Fsp3) is 0.0602. The number of rotatable bonds is 11. The molecule has 0 fully saturated rings. The molecule has 0 amide bonds. The van der Waals surface area contributed by atoms with Crippen LogP contribution in [0.5, 0.6) is 0 Å². The number of para-hydroxylation sites is 2. The average molecular weight is 1120 g/mol. The first-order chi connectivity index (χ1) is 42.7. The van der Waals surface area contributed by atoms with Crippen LogP contribution in [0.3, 0.4) is 0 Å². The highest BCUT2D eigenvalue weighted by molar-refractivity contribution is 6.24. The first-order valence-electron chi connectivity index (χ1n) is 30.2. The molecule has 4 heteroatoms. The predicted molar refractivity (Wildman–Crippen MR) is 370 cm³/mol. The Kier molecular flexibility index (Phi) is 12.1. The number of aryl methyl sites for hydroxylation is 5. The summed E-state index contributed by atoms with van der Waals surface area (Å²) in [7, 11) is 0. The van der Waals surface area contributed by atoms with E-state index in [0.29, 0.717) is 0 Å². The van der Waals surface area contributed by atoms with E-state index in [4.69, 9.17) is 6.58 Å². The number of hydrogen-bond acceptors (Lipinski definition) is 2. The van der Waals surface area contributed by atoms with Crippen LogP contribution in [0.2, 0.25) is 0 Å². The van der Waals surface area contributed by atoms with E-state index in [2.05, 4.69) is 326 Å². The fourth-order valence-corrected chi connectivity index (χ4v) is 14.1. The summed E-state index contributed by atoms with van der Waals surface area (Å²) < 4.78 is 5.03. The third-order valence-corrected chi connectivity index (χ3v) is 18.5. The zero-order chi connectivity index (χ0) is 58.6. The molecule has 0 unspecified atom stereocenters. The number of nitrogens with zero attached hydrogens (tertiary/aromatic N) is 4. The van der Waals surface area contributed by atoms with E-state index in [1.54, 1.807) is 0 Å². The largest absolute Gasteiger partial charge is 0.312 e. The highest BCUT2D eigenvalue weighted by Crippen LogP contribution is 2.51. The lowest BCUT2D eigenvalue weighted by Crippen LogP contribution is -2.24. The van der Waals surface area contributed by atoms with Crippen LogP contribution in [0, 0.1) is 34.6 Å². The molecule has 0 radical (unpaired) electrons. The Balaban J connectivity index is 0.947. The van der Waals surface area contributed by atoms with Gasteiger partial charge in [-0.3, -0.25) is 0 Å². The van der Waals surface area contributed by atoms with Crippen LogP contribution in [0.25, 0.3) is 112 Å². The van der Waals surface area contributed by atoms with Gasteiger partial charge in [-0.15, -0.1) is 0 Å². The molecule has 0 aliphatic carbocycles. The van der Waals surface area contributed by atoms with Gasteiger partial charge in [-0.1, -0.05) is 225 Å². The van der Waals surface area contributed by atoms with Crippen molar-refractivity contribution in [2.75, 3.05) is 9.80 Å². The molecule has 0 bridgehead atoms. The highest BCUT2D eigenvalue weighted by atomic mass is 15.2. The number of benzene rings is 12. The first-order valence-corrected chi connectivity index (χ1v) is 30.2. The molecule has 414 valence electrons. The molecular formula is C83H62N4. The van der Waals surface area contributed by atoms with Crippen molar-refractivity contribution < 1.29 is 0 Å². The van der Waals surface area contributed by atoms with Gasteiger partial charge in [0.1, 0.15) is 0 Å². The molecule has 0 saturated heterocycles. The molecule has 0 atom stereocenters. The van der Waals surface area contributed by atoms with Crippen molar-refractivity contribution in [3.63, 3.8) is 0 Å². The lowest BCUT2D eigenvalue weighted by molar-refractivity contribution is 1.17. The Labute approximate surface area is 507 Å². The van der Waals surface area contributed by atoms with Gasteiger partial charge in [-0.05, 0) is 156 Å². The van der Waals surface area contributed by atoms with Crippen molar-refractivity contribution in [1.29, 1.82) is 0 Å². The van der Waals surface area contributed by atoms with E-state index in [9.17, 15) is 0 Å². The van der Waals surface area contributed by atoms with Gasteiger partial charge >= 0.3 is 0 Å². The molecule has 0 N–H and O–H groups in total. The molecular weight excluding hydrogens is 1050 g/mol. The van der Waals surface area contributed by atoms with Crippen molar-refractivity contribution in [1.82, 2.24) is 8.80 Å². The molecule has 4 aromatic heterocycles. The molecule has 4 nitrogen and oxygen atoms in total. The van der Waals surface area contributed by atoms with Crippen molar-refractivity contribution >= 4 is 101 Å². The number of hydrogen-bond donors (Lipinski definition) is 0. The Morgan fingerprint density at radius 3 is 1.02 bits per heavy atom. The molecule has 0 saturated carbocycles. The standard InChI is InChI=1S/C83H62N4/c1-52-35-39-62(58-23-11-7-12-24-58)47-75(52)85(76-48-63(40-36-53(76)2)59-25-13-8-14-26-59)73-45-43-66-56(5)79(87-72-34-22-20-32-69(72)80(73)82(66)87)51-70-57(6)84-71-33-21-19-31-68(71)81-74(46-44-67(70)83(81)84)86(77-49-64(41-37-54(77)3)60-27-15-9-16-28-60)78-50-65(42-38-55(78)4)61-29-17-10-18-30-61/h7-51H,5H2,1-4,6H3/b79-51+. The number of aromatic nitrogens is 2. The summed E-state index contributed by atoms with van der Waals surface area (Å²) in [5.41, 5.74) is 28.1. The third kappa shape index (κ3) is 8.20. The van der Waals surface area contributed by atoms with E-state index in [-0.39, 0.29) is 0 Å². The van der Waals surface area contributed by atoms with E-state index in [1.807, 2.05) is 0 Å². The number of fused-ring (bicyclic) bond motifs is 6. The maximum Gasteiger partial charge on any atom is 0.0641 e. The zero-order valence-electron chi connectivity index (χ0n) is 49.5. The van der Waals surface area contributed by atoms with Crippen LogP contribution in [-0.2, 0) is 0 Å². The topological polar surface area (TPSA) is 15.3 Å². The van der Waals surface area contributed by atoms with Crippen molar-refractivity contribution in [2.45, 2.75) is 34.6 Å². The van der Waals surface area contributed by atoms with Crippen LogP contribution < -0.4 is 20.4 Å². The van der Waals surface area contributed by atoms with Gasteiger partial charge in [0.15, 0.2) is 0 Å². The van der Waals surface area contributed by atoms with Gasteiger partial charge in [0.2, 0.25) is 0 Å². The molecule has 12 aromatic carbocycles. The van der Waals surface area contributed by atoms with Gasteiger partial charge in [0.25, 0.3) is 0 Å². The average Bonchev–Trinajstić information content (AvgIpc) is 1.70. The molecule has 16 aromatic rings. The Morgan fingerprint density at radius 2 is 0.632 bits per heavy atom. The van der Waals surface area contributed by atoms with Crippen LogP contribution in [0.1, 0.15) is 33.5 Å². The Morgan fingerprint density at radius 1 is 0.299 bits per heavy atom. The third-order valence-electron chi connectivity index (χ3n) is 18.5. The second kappa shape index (κ2) is 20.4. The summed E-state index contributed by atoms with van der Waals surface area (Å²) in [4.78, 5) is 5.08. The maximum absolute atomic E-state index is 5.01. The Hall–Kier alpha value is -10.9. The monoisotopic (exact) mass is 1110 g/mol. The van der Waals surface area contributed by atoms with Crippen molar-refractivity contribution in [2.24, 2.45) is 0 Å². The predicted octanol–water partition coefficient (Wildman–Crippen LogP) is 21.1. The lowest BCUT2D eigenvalue weighted by atomic mass is 9.97. The van der Waals surface area contributed by atoms with Gasteiger partial charge in [-0.25, -0.2) is 0 Å². The summed E-state index contributed by atoms with van der Waals surface area (Å²) in [5.74, 6) is 0. The van der Waals surface area contributed by atoms with E-state index < -0.39 is 0 Å². The minimum Gasteiger partial charge on any atom is -0.312 e. The van der Waals surface area contributed by atoms with Gasteiger partial charge < -0.3 is 18.6 Å². The second-order valence-electron chi connectivity index (χ2n) is 23.6. The summed E-state index contributed by atoms with van der Waals surface area (Å²) in [6.45, 7) is 16.3. The summed E-state index contributed by atoms with van der Waals surface area (Å²) in [6.07, 6.45) is 2.44. The maximum atomic E-state index is 5.01. The quantitative estimate of drug-likeness (QED) is 0.128. The van der Waals surface area contributed by atoms with E-state index in [0.717, 1.165) is 55.6 Å². The van der Waals surface area contributed by atoms with Crippen LogP contribution >= 0.6 is 0 Å². The highest BCUT2D eigenvalue weighted by Gasteiger charge is 2.29. The second-order valence-corrected chi connectivity index (χ2v) is 23.6. The molecule has 4 heterocycles. The molecule has 0 aliphatic heterocycles. The van der Waals surface area contributed by atoms with Crippen LogP contribution in [0.4, 0.5) is 34.1 Å².